The quantitative estimate of drug-likeness (QED) is 0.929. The van der Waals surface area contributed by atoms with E-state index in [9.17, 15) is 0 Å². The van der Waals surface area contributed by atoms with Gasteiger partial charge in [0.1, 0.15) is 5.82 Å². The smallest absolute Gasteiger partial charge is 0.131 e. The molecule has 0 spiro atoms. The molecule has 0 unspecified atom stereocenters. The standard InChI is InChI=1S/C17H21N3/c1-12-8-16(18)10-19-17(12)20(2)11-13-6-7-14-4-3-5-15(14)9-13/h6-10H,3-5,11,18H2,1-2H3. The van der Waals surface area contributed by atoms with Crippen LogP contribution in [0.15, 0.2) is 30.5 Å². The lowest BCUT2D eigenvalue weighted by Gasteiger charge is -2.21. The number of rotatable bonds is 3. The van der Waals surface area contributed by atoms with Crippen LogP contribution in [0.3, 0.4) is 0 Å². The number of hydrogen-bond donors (Lipinski definition) is 1. The van der Waals surface area contributed by atoms with E-state index >= 15 is 0 Å². The summed E-state index contributed by atoms with van der Waals surface area (Å²) in [6, 6.07) is 8.86. The minimum Gasteiger partial charge on any atom is -0.397 e. The monoisotopic (exact) mass is 267 g/mol. The second-order valence-electron chi connectivity index (χ2n) is 5.72. The Balaban J connectivity index is 1.80. The Morgan fingerprint density at radius 1 is 1.20 bits per heavy atom. The molecule has 0 saturated heterocycles. The summed E-state index contributed by atoms with van der Waals surface area (Å²) in [4.78, 5) is 6.63. The van der Waals surface area contributed by atoms with E-state index in [1.807, 2.05) is 6.07 Å². The van der Waals surface area contributed by atoms with Crippen LogP contribution in [0, 0.1) is 6.92 Å². The maximum Gasteiger partial charge on any atom is 0.131 e. The highest BCUT2D eigenvalue weighted by molar-refractivity contribution is 5.52. The largest absolute Gasteiger partial charge is 0.397 e. The van der Waals surface area contributed by atoms with Crippen LogP contribution in [0.4, 0.5) is 11.5 Å². The number of benzene rings is 1. The summed E-state index contributed by atoms with van der Waals surface area (Å²) in [6.07, 6.45) is 5.49. The number of nitrogen functional groups attached to an aromatic ring is 1. The van der Waals surface area contributed by atoms with E-state index in [0.717, 1.165) is 23.6 Å². The van der Waals surface area contributed by atoms with E-state index in [0.29, 0.717) is 0 Å². The molecular formula is C17H21N3. The molecule has 104 valence electrons. The first kappa shape index (κ1) is 13.0. The van der Waals surface area contributed by atoms with Crippen LogP contribution in [0.2, 0.25) is 0 Å². The number of anilines is 2. The van der Waals surface area contributed by atoms with E-state index < -0.39 is 0 Å². The van der Waals surface area contributed by atoms with Crippen LogP contribution in [-0.4, -0.2) is 12.0 Å². The number of pyridine rings is 1. The molecule has 0 bridgehead atoms. The number of aryl methyl sites for hydroxylation is 3. The highest BCUT2D eigenvalue weighted by atomic mass is 15.2. The summed E-state index contributed by atoms with van der Waals surface area (Å²) in [6.45, 7) is 2.93. The maximum absolute atomic E-state index is 5.76. The average Bonchev–Trinajstić information content (AvgIpc) is 2.85. The fourth-order valence-electron chi connectivity index (χ4n) is 3.06. The molecule has 20 heavy (non-hydrogen) atoms. The lowest BCUT2D eigenvalue weighted by Crippen LogP contribution is -2.19. The van der Waals surface area contributed by atoms with Crippen LogP contribution < -0.4 is 10.6 Å². The third-order valence-electron chi connectivity index (χ3n) is 4.02. The van der Waals surface area contributed by atoms with Gasteiger partial charge >= 0.3 is 0 Å². The van der Waals surface area contributed by atoms with Gasteiger partial charge in [0.2, 0.25) is 0 Å². The molecule has 0 radical (unpaired) electrons. The van der Waals surface area contributed by atoms with Gasteiger partial charge in [0.05, 0.1) is 11.9 Å². The Morgan fingerprint density at radius 3 is 2.80 bits per heavy atom. The summed E-state index contributed by atoms with van der Waals surface area (Å²) < 4.78 is 0. The van der Waals surface area contributed by atoms with Gasteiger partial charge in [0, 0.05) is 13.6 Å². The van der Waals surface area contributed by atoms with Crippen molar-refractivity contribution in [2.24, 2.45) is 0 Å². The van der Waals surface area contributed by atoms with Crippen molar-refractivity contribution in [3.05, 3.63) is 52.7 Å². The van der Waals surface area contributed by atoms with Crippen molar-refractivity contribution >= 4 is 11.5 Å². The zero-order chi connectivity index (χ0) is 14.1. The summed E-state index contributed by atoms with van der Waals surface area (Å²) >= 11 is 0. The lowest BCUT2D eigenvalue weighted by molar-refractivity contribution is 0.887. The Bertz CT molecular complexity index is 634. The van der Waals surface area contributed by atoms with Crippen LogP contribution in [0.5, 0.6) is 0 Å². The molecule has 3 nitrogen and oxygen atoms in total. The Morgan fingerprint density at radius 2 is 2.00 bits per heavy atom. The predicted molar refractivity (Wildman–Crippen MR) is 84.0 cm³/mol. The zero-order valence-electron chi connectivity index (χ0n) is 12.2. The van der Waals surface area contributed by atoms with Crippen LogP contribution in [0.1, 0.15) is 28.7 Å². The molecular weight excluding hydrogens is 246 g/mol. The third kappa shape index (κ3) is 2.48. The van der Waals surface area contributed by atoms with Gasteiger partial charge in [-0.25, -0.2) is 4.98 Å². The van der Waals surface area contributed by atoms with E-state index in [1.165, 1.54) is 36.0 Å². The topological polar surface area (TPSA) is 42.1 Å². The molecule has 0 saturated carbocycles. The molecule has 2 aromatic rings. The molecule has 1 aromatic heterocycles. The second kappa shape index (κ2) is 5.16. The minimum absolute atomic E-state index is 0.720. The Labute approximate surface area is 120 Å². The molecule has 1 aliphatic carbocycles. The summed E-state index contributed by atoms with van der Waals surface area (Å²) in [5.41, 5.74) is 12.0. The molecule has 0 fully saturated rings. The fraction of sp³-hybridized carbons (Fsp3) is 0.353. The van der Waals surface area contributed by atoms with Crippen molar-refractivity contribution in [3.63, 3.8) is 0 Å². The van der Waals surface area contributed by atoms with Gasteiger partial charge < -0.3 is 10.6 Å². The number of nitrogens with two attached hydrogens (primary N) is 1. The maximum atomic E-state index is 5.76. The van der Waals surface area contributed by atoms with Crippen molar-refractivity contribution in [2.75, 3.05) is 17.7 Å². The highest BCUT2D eigenvalue weighted by Gasteiger charge is 2.12. The lowest BCUT2D eigenvalue weighted by atomic mass is 10.1. The van der Waals surface area contributed by atoms with Crippen LogP contribution in [0.25, 0.3) is 0 Å². The molecule has 0 amide bonds. The third-order valence-corrected chi connectivity index (χ3v) is 4.02. The Kier molecular flexibility index (Phi) is 3.35. The van der Waals surface area contributed by atoms with Crippen molar-refractivity contribution in [1.29, 1.82) is 0 Å². The second-order valence-corrected chi connectivity index (χ2v) is 5.72. The molecule has 1 aliphatic rings. The SMILES string of the molecule is Cc1cc(N)cnc1N(C)Cc1ccc2c(c1)CCC2. The molecule has 3 heteroatoms. The fourth-order valence-corrected chi connectivity index (χ4v) is 3.06. The first-order valence-corrected chi connectivity index (χ1v) is 7.17. The number of hydrogen-bond acceptors (Lipinski definition) is 3. The van der Waals surface area contributed by atoms with Gasteiger partial charge in [-0.2, -0.15) is 0 Å². The zero-order valence-corrected chi connectivity index (χ0v) is 12.2. The van der Waals surface area contributed by atoms with E-state index in [-0.39, 0.29) is 0 Å². The highest BCUT2D eigenvalue weighted by Crippen LogP contribution is 2.25. The van der Waals surface area contributed by atoms with Gasteiger partial charge in [-0.15, -0.1) is 0 Å². The van der Waals surface area contributed by atoms with Crippen molar-refractivity contribution in [1.82, 2.24) is 4.98 Å². The molecule has 1 aromatic carbocycles. The minimum atomic E-state index is 0.720. The molecule has 0 atom stereocenters. The van der Waals surface area contributed by atoms with Crippen molar-refractivity contribution < 1.29 is 0 Å². The van der Waals surface area contributed by atoms with Gasteiger partial charge in [-0.1, -0.05) is 18.2 Å². The summed E-state index contributed by atoms with van der Waals surface area (Å²) in [7, 11) is 2.08. The average molecular weight is 267 g/mol. The molecule has 3 rings (SSSR count). The van der Waals surface area contributed by atoms with Crippen LogP contribution >= 0.6 is 0 Å². The van der Waals surface area contributed by atoms with Gasteiger partial charge in [0.25, 0.3) is 0 Å². The first-order valence-electron chi connectivity index (χ1n) is 7.17. The molecule has 0 aliphatic heterocycles. The predicted octanol–water partition coefficient (Wildman–Crippen LogP) is 3.10. The Hall–Kier alpha value is -2.03. The van der Waals surface area contributed by atoms with Crippen LogP contribution in [-0.2, 0) is 19.4 Å². The van der Waals surface area contributed by atoms with E-state index in [4.69, 9.17) is 5.73 Å². The molecule has 2 N–H and O–H groups in total. The normalized spacial score (nSPS) is 13.3. The van der Waals surface area contributed by atoms with Crippen molar-refractivity contribution in [3.8, 4) is 0 Å². The van der Waals surface area contributed by atoms with Gasteiger partial charge in [0.15, 0.2) is 0 Å². The number of aromatic nitrogens is 1. The molecule has 1 heterocycles. The number of fused-ring (bicyclic) bond motifs is 1. The van der Waals surface area contributed by atoms with E-state index in [1.54, 1.807) is 6.20 Å². The number of nitrogens with zero attached hydrogens (tertiary/aromatic N) is 2. The first-order chi connectivity index (χ1) is 9.63. The van der Waals surface area contributed by atoms with Gasteiger partial charge in [-0.3, -0.25) is 0 Å². The van der Waals surface area contributed by atoms with Crippen molar-refractivity contribution in [2.45, 2.75) is 32.7 Å². The van der Waals surface area contributed by atoms with Gasteiger partial charge in [-0.05, 0) is 54.5 Å². The summed E-state index contributed by atoms with van der Waals surface area (Å²) in [5.74, 6) is 1.000. The summed E-state index contributed by atoms with van der Waals surface area (Å²) in [5, 5.41) is 0. The van der Waals surface area contributed by atoms with E-state index in [2.05, 4.69) is 42.1 Å².